The zero-order chi connectivity index (χ0) is 24.8. The van der Waals surface area contributed by atoms with Crippen molar-refractivity contribution in [1.29, 1.82) is 0 Å². The van der Waals surface area contributed by atoms with Crippen LogP contribution in [0.15, 0.2) is 91.3 Å². The van der Waals surface area contributed by atoms with Crippen molar-refractivity contribution in [2.75, 3.05) is 16.0 Å². The van der Waals surface area contributed by atoms with Gasteiger partial charge in [-0.1, -0.05) is 35.9 Å². The van der Waals surface area contributed by atoms with E-state index in [4.69, 9.17) is 11.6 Å². The highest BCUT2D eigenvalue weighted by molar-refractivity contribution is 6.34. The normalized spacial score (nSPS) is 10.3. The molecule has 3 aromatic carbocycles. The van der Waals surface area contributed by atoms with Gasteiger partial charge in [0.05, 0.1) is 15.5 Å². The van der Waals surface area contributed by atoms with Crippen LogP contribution in [0.25, 0.3) is 11.1 Å². The first-order valence-corrected chi connectivity index (χ1v) is 10.7. The van der Waals surface area contributed by atoms with Gasteiger partial charge in [-0.15, -0.1) is 0 Å². The largest absolute Gasteiger partial charge is 0.323 e. The molecule has 174 valence electrons. The molecule has 10 heteroatoms. The van der Waals surface area contributed by atoms with Gasteiger partial charge in [-0.25, -0.2) is 4.79 Å². The summed E-state index contributed by atoms with van der Waals surface area (Å²) < 4.78 is 0. The van der Waals surface area contributed by atoms with Crippen molar-refractivity contribution in [3.8, 4) is 11.1 Å². The molecule has 0 spiro atoms. The summed E-state index contributed by atoms with van der Waals surface area (Å²) in [6.45, 7) is 0. The van der Waals surface area contributed by atoms with Crippen LogP contribution in [0.1, 0.15) is 10.4 Å². The van der Waals surface area contributed by atoms with Crippen LogP contribution in [0.2, 0.25) is 5.02 Å². The summed E-state index contributed by atoms with van der Waals surface area (Å²) in [5, 5.41) is 19.3. The van der Waals surface area contributed by atoms with E-state index in [-0.39, 0.29) is 22.3 Å². The van der Waals surface area contributed by atoms with E-state index < -0.39 is 10.8 Å². The third kappa shape index (κ3) is 5.98. The molecule has 4 rings (SSSR count). The van der Waals surface area contributed by atoms with E-state index in [0.717, 1.165) is 17.2 Å². The summed E-state index contributed by atoms with van der Waals surface area (Å²) in [5.74, 6) is -0.549. The number of carbonyl (C=O) groups excluding carboxylic acids is 2. The summed E-state index contributed by atoms with van der Waals surface area (Å²) in [6, 6.07) is 21.1. The lowest BCUT2D eigenvalue weighted by Gasteiger charge is -2.10. The number of nitrogens with zero attached hydrogens (tertiary/aromatic N) is 2. The molecule has 0 unspecified atom stereocenters. The first kappa shape index (κ1) is 23.4. The van der Waals surface area contributed by atoms with Gasteiger partial charge < -0.3 is 16.0 Å². The molecule has 3 amide bonds. The van der Waals surface area contributed by atoms with Gasteiger partial charge in [0.1, 0.15) is 0 Å². The number of nitro benzene ring substituents is 1. The van der Waals surface area contributed by atoms with Crippen LogP contribution in [0.5, 0.6) is 0 Å². The molecule has 0 aliphatic rings. The summed E-state index contributed by atoms with van der Waals surface area (Å²) in [4.78, 5) is 38.9. The molecule has 35 heavy (non-hydrogen) atoms. The number of benzene rings is 3. The smallest absolute Gasteiger partial charge is 0.322 e. The second-order valence-electron chi connectivity index (χ2n) is 7.35. The molecule has 0 fully saturated rings. The maximum atomic E-state index is 12.5. The van der Waals surface area contributed by atoms with Crippen molar-refractivity contribution >= 4 is 46.3 Å². The van der Waals surface area contributed by atoms with Crippen LogP contribution in [-0.2, 0) is 0 Å². The number of halogens is 1. The zero-order valence-corrected chi connectivity index (χ0v) is 18.8. The molecule has 0 atom stereocenters. The predicted molar refractivity (Wildman–Crippen MR) is 135 cm³/mol. The molecule has 3 N–H and O–H groups in total. The highest BCUT2D eigenvalue weighted by Crippen LogP contribution is 2.26. The van der Waals surface area contributed by atoms with Gasteiger partial charge in [0.2, 0.25) is 0 Å². The number of rotatable bonds is 6. The van der Waals surface area contributed by atoms with Crippen LogP contribution < -0.4 is 16.0 Å². The van der Waals surface area contributed by atoms with Crippen LogP contribution >= 0.6 is 11.6 Å². The Balaban J connectivity index is 1.39. The Bertz CT molecular complexity index is 1380. The Morgan fingerprint density at radius 2 is 1.26 bits per heavy atom. The number of nitro groups is 1. The highest BCUT2D eigenvalue weighted by Gasteiger charge is 2.16. The molecule has 4 aromatic rings. The molecule has 0 bridgehead atoms. The summed E-state index contributed by atoms with van der Waals surface area (Å²) in [7, 11) is 0. The molecule has 9 nitrogen and oxygen atoms in total. The summed E-state index contributed by atoms with van der Waals surface area (Å²) in [6.07, 6.45) is 3.17. The third-order valence-electron chi connectivity index (χ3n) is 4.96. The Morgan fingerprint density at radius 1 is 0.743 bits per heavy atom. The molecule has 1 aromatic heterocycles. The van der Waals surface area contributed by atoms with Gasteiger partial charge in [-0.05, 0) is 53.6 Å². The second-order valence-corrected chi connectivity index (χ2v) is 7.75. The topological polar surface area (TPSA) is 126 Å². The first-order chi connectivity index (χ1) is 16.9. The van der Waals surface area contributed by atoms with Gasteiger partial charge in [-0.3, -0.25) is 19.9 Å². The number of nitrogens with one attached hydrogen (secondary N) is 3. The number of carbonyl (C=O) groups is 2. The van der Waals surface area contributed by atoms with E-state index in [0.29, 0.717) is 17.1 Å². The number of anilines is 3. The summed E-state index contributed by atoms with van der Waals surface area (Å²) in [5.41, 5.74) is 3.36. The monoisotopic (exact) mass is 487 g/mol. The SMILES string of the molecule is O=C(Nc1ccncc1)Nc1ccc(-c2ccc(NC(=O)c3cc([N+](=O)[O-])ccc3Cl)cc2)cc1. The molecule has 0 saturated carbocycles. The van der Waals surface area contributed by atoms with Gasteiger partial charge in [-0.2, -0.15) is 0 Å². The van der Waals surface area contributed by atoms with Crippen molar-refractivity contribution in [1.82, 2.24) is 4.98 Å². The van der Waals surface area contributed by atoms with Gasteiger partial charge in [0.25, 0.3) is 11.6 Å². The molecular weight excluding hydrogens is 470 g/mol. The molecular formula is C25H18ClN5O4. The number of aromatic nitrogens is 1. The van der Waals surface area contributed by atoms with Crippen LogP contribution in [0.4, 0.5) is 27.5 Å². The predicted octanol–water partition coefficient (Wildman–Crippen LogP) is 6.21. The number of non-ortho nitro benzene ring substituents is 1. The van der Waals surface area contributed by atoms with E-state index in [2.05, 4.69) is 20.9 Å². The lowest BCUT2D eigenvalue weighted by atomic mass is 10.0. The molecule has 0 radical (unpaired) electrons. The van der Waals surface area contributed by atoms with E-state index >= 15 is 0 Å². The fourth-order valence-corrected chi connectivity index (χ4v) is 3.42. The maximum absolute atomic E-state index is 12.5. The van der Waals surface area contributed by atoms with E-state index in [1.54, 1.807) is 48.8 Å². The number of amides is 3. The molecule has 0 aliphatic heterocycles. The van der Waals surface area contributed by atoms with E-state index in [1.165, 1.54) is 12.1 Å². The minimum atomic E-state index is -0.587. The zero-order valence-electron chi connectivity index (χ0n) is 18.1. The standard InChI is InChI=1S/C25H18ClN5O4/c26-23-10-9-21(31(34)35)15-22(23)24(32)28-18-5-1-16(2-6-18)17-3-7-19(8-4-17)29-25(33)30-20-11-13-27-14-12-20/h1-15H,(H,28,32)(H2,27,29,30,33). The lowest BCUT2D eigenvalue weighted by molar-refractivity contribution is -0.384. The first-order valence-electron chi connectivity index (χ1n) is 10.3. The Hall–Kier alpha value is -4.76. The molecule has 1 heterocycles. The third-order valence-corrected chi connectivity index (χ3v) is 5.29. The Morgan fingerprint density at radius 3 is 1.80 bits per heavy atom. The maximum Gasteiger partial charge on any atom is 0.323 e. The molecule has 0 saturated heterocycles. The van der Waals surface area contributed by atoms with Crippen LogP contribution in [0, 0.1) is 10.1 Å². The van der Waals surface area contributed by atoms with E-state index in [9.17, 15) is 19.7 Å². The van der Waals surface area contributed by atoms with Crippen molar-refractivity contribution < 1.29 is 14.5 Å². The summed E-state index contributed by atoms with van der Waals surface area (Å²) >= 11 is 6.04. The fraction of sp³-hybridized carbons (Fsp3) is 0. The van der Waals surface area contributed by atoms with Crippen molar-refractivity contribution in [2.24, 2.45) is 0 Å². The molecule has 0 aliphatic carbocycles. The lowest BCUT2D eigenvalue weighted by Crippen LogP contribution is -2.19. The average molecular weight is 488 g/mol. The van der Waals surface area contributed by atoms with E-state index in [1.807, 2.05) is 24.3 Å². The number of urea groups is 1. The van der Waals surface area contributed by atoms with Crippen molar-refractivity contribution in [3.05, 3.63) is 112 Å². The number of hydrogen-bond acceptors (Lipinski definition) is 5. The average Bonchev–Trinajstić information content (AvgIpc) is 2.85. The fourth-order valence-electron chi connectivity index (χ4n) is 3.22. The highest BCUT2D eigenvalue weighted by atomic mass is 35.5. The van der Waals surface area contributed by atoms with Gasteiger partial charge >= 0.3 is 6.03 Å². The minimum Gasteiger partial charge on any atom is -0.322 e. The second kappa shape index (κ2) is 10.4. The van der Waals surface area contributed by atoms with Crippen molar-refractivity contribution in [2.45, 2.75) is 0 Å². The Labute approximate surface area is 204 Å². The number of hydrogen-bond donors (Lipinski definition) is 3. The number of pyridine rings is 1. The van der Waals surface area contributed by atoms with Crippen LogP contribution in [-0.4, -0.2) is 21.8 Å². The quantitative estimate of drug-likeness (QED) is 0.220. The van der Waals surface area contributed by atoms with Crippen LogP contribution in [0.3, 0.4) is 0 Å². The Kier molecular flexibility index (Phi) is 6.99. The van der Waals surface area contributed by atoms with Gasteiger partial charge in [0, 0.05) is 41.6 Å². The van der Waals surface area contributed by atoms with Gasteiger partial charge in [0.15, 0.2) is 0 Å². The van der Waals surface area contributed by atoms with Crippen molar-refractivity contribution in [3.63, 3.8) is 0 Å². The minimum absolute atomic E-state index is 0.0148.